The van der Waals surface area contributed by atoms with E-state index in [2.05, 4.69) is 20.8 Å². The van der Waals surface area contributed by atoms with Crippen molar-refractivity contribution in [2.24, 2.45) is 5.41 Å². The number of carbonyl (C=O) groups is 1. The third-order valence-electron chi connectivity index (χ3n) is 1.81. The molecule has 0 aliphatic carbocycles. The normalized spacial score (nSPS) is 9.76. The molecule has 5 nitrogen and oxygen atoms in total. The summed E-state index contributed by atoms with van der Waals surface area (Å²) in [5.41, 5.74) is 0.376. The van der Waals surface area contributed by atoms with E-state index in [9.17, 15) is 9.90 Å². The molecule has 0 aromatic rings. The maximum absolute atomic E-state index is 10.0. The van der Waals surface area contributed by atoms with Crippen LogP contribution in [-0.4, -0.2) is 23.3 Å². The summed E-state index contributed by atoms with van der Waals surface area (Å²) < 4.78 is 0. The average Bonchev–Trinajstić information content (AvgIpc) is 1.99. The van der Waals surface area contributed by atoms with Gasteiger partial charge in [-0.05, 0) is 24.7 Å². The molecule has 0 unspecified atom stereocenters. The molecule has 0 aromatic heterocycles. The minimum absolute atomic E-state index is 0. The molecule has 0 saturated heterocycles. The predicted octanol–water partition coefficient (Wildman–Crippen LogP) is -0.953. The molecule has 0 saturated carbocycles. The maximum Gasteiger partial charge on any atom is 2.00 e. The van der Waals surface area contributed by atoms with Crippen molar-refractivity contribution in [1.82, 2.24) is 0 Å². The summed E-state index contributed by atoms with van der Waals surface area (Å²) in [4.78, 5) is 10.0. The SMILES string of the molecule is CC(C)(C)CCCCCC(=O)[O-].[O-]B(O)O.[Zn+2]. The smallest absolute Gasteiger partial charge is 0.832 e. The number of rotatable bonds is 5. The van der Waals surface area contributed by atoms with Crippen LogP contribution < -0.4 is 10.1 Å². The molecule has 0 bridgehead atoms. The zero-order valence-electron chi connectivity index (χ0n) is 10.9. The van der Waals surface area contributed by atoms with Crippen LogP contribution in [0.2, 0.25) is 0 Å². The molecule has 17 heavy (non-hydrogen) atoms. The van der Waals surface area contributed by atoms with Gasteiger partial charge in [0, 0.05) is 5.97 Å². The second kappa shape index (κ2) is 12.5. The molecule has 0 aliphatic rings. The van der Waals surface area contributed by atoms with Gasteiger partial charge in [0.1, 0.15) is 0 Å². The van der Waals surface area contributed by atoms with E-state index in [-0.39, 0.29) is 25.9 Å². The number of hydrogen-bond donors (Lipinski definition) is 2. The number of carbonyl (C=O) groups excluding carboxylic acids is 1. The van der Waals surface area contributed by atoms with Gasteiger partial charge in [0.15, 0.2) is 0 Å². The standard InChI is InChI=1S/C10H20O2.BH2O3.Zn/c1-10(2,3)8-6-4-5-7-9(11)12;2-1(3)4;/h4-8H2,1-3H3,(H,11,12);2-3H;/q;-1;+2/p-1. The maximum atomic E-state index is 10.0. The number of unbranched alkanes of at least 4 members (excludes halogenated alkanes) is 2. The fourth-order valence-corrected chi connectivity index (χ4v) is 1.10. The van der Waals surface area contributed by atoms with Crippen molar-refractivity contribution in [3.05, 3.63) is 0 Å². The second-order valence-corrected chi connectivity index (χ2v) is 4.82. The molecule has 0 atom stereocenters. The Morgan fingerprint density at radius 2 is 1.59 bits per heavy atom. The van der Waals surface area contributed by atoms with Crippen LogP contribution >= 0.6 is 0 Å². The summed E-state index contributed by atoms with van der Waals surface area (Å²) in [5, 5.41) is 32.8. The van der Waals surface area contributed by atoms with Crippen LogP contribution in [0.4, 0.5) is 0 Å². The van der Waals surface area contributed by atoms with E-state index in [0.717, 1.165) is 19.3 Å². The van der Waals surface area contributed by atoms with Gasteiger partial charge in [-0.1, -0.05) is 33.6 Å². The van der Waals surface area contributed by atoms with Gasteiger partial charge in [0.05, 0.1) is 0 Å². The van der Waals surface area contributed by atoms with Crippen LogP contribution in [-0.2, 0) is 24.3 Å². The van der Waals surface area contributed by atoms with Crippen LogP contribution in [0.15, 0.2) is 0 Å². The van der Waals surface area contributed by atoms with Gasteiger partial charge in [0.25, 0.3) is 0 Å². The van der Waals surface area contributed by atoms with Crippen molar-refractivity contribution in [2.45, 2.75) is 52.9 Å². The average molecular weight is 297 g/mol. The fourth-order valence-electron chi connectivity index (χ4n) is 1.10. The fraction of sp³-hybridized carbons (Fsp3) is 0.900. The van der Waals surface area contributed by atoms with Crippen molar-refractivity contribution in [2.75, 3.05) is 0 Å². The van der Waals surface area contributed by atoms with Crippen molar-refractivity contribution < 1.29 is 44.5 Å². The van der Waals surface area contributed by atoms with Crippen LogP contribution in [0.5, 0.6) is 0 Å². The van der Waals surface area contributed by atoms with E-state index in [0.29, 0.717) is 5.41 Å². The van der Waals surface area contributed by atoms with Crippen LogP contribution in [0, 0.1) is 5.41 Å². The molecule has 0 aromatic carbocycles. The first-order valence-electron chi connectivity index (χ1n) is 5.37. The molecule has 7 heteroatoms. The Labute approximate surface area is 116 Å². The van der Waals surface area contributed by atoms with Crippen molar-refractivity contribution in [3.8, 4) is 0 Å². The van der Waals surface area contributed by atoms with E-state index < -0.39 is 13.3 Å². The van der Waals surface area contributed by atoms with Crippen LogP contribution in [0.25, 0.3) is 0 Å². The van der Waals surface area contributed by atoms with Gasteiger partial charge in [0.2, 0.25) is 0 Å². The van der Waals surface area contributed by atoms with E-state index >= 15 is 0 Å². The van der Waals surface area contributed by atoms with Gasteiger partial charge < -0.3 is 25.0 Å². The van der Waals surface area contributed by atoms with E-state index in [1.165, 1.54) is 6.42 Å². The van der Waals surface area contributed by atoms with Crippen molar-refractivity contribution in [3.63, 3.8) is 0 Å². The number of aliphatic carboxylic acids is 1. The van der Waals surface area contributed by atoms with Gasteiger partial charge >= 0.3 is 26.8 Å². The molecule has 0 rings (SSSR count). The van der Waals surface area contributed by atoms with Gasteiger partial charge in [-0.3, -0.25) is 0 Å². The Morgan fingerprint density at radius 1 is 1.18 bits per heavy atom. The first-order chi connectivity index (χ1) is 7.15. The number of carboxylic acid groups (broad SMARTS) is 1. The topological polar surface area (TPSA) is 104 Å². The van der Waals surface area contributed by atoms with Gasteiger partial charge in [-0.2, -0.15) is 0 Å². The summed E-state index contributed by atoms with van der Waals surface area (Å²) in [6.45, 7) is 6.60. The quantitative estimate of drug-likeness (QED) is 0.503. The van der Waals surface area contributed by atoms with E-state index in [1.54, 1.807) is 0 Å². The molecule has 2 N–H and O–H groups in total. The van der Waals surface area contributed by atoms with Crippen LogP contribution in [0.3, 0.4) is 0 Å². The first-order valence-corrected chi connectivity index (χ1v) is 5.37. The zero-order chi connectivity index (χ0) is 13.2. The molecule has 0 aliphatic heterocycles. The molecular formula is C10H21BO5Zn. The summed E-state index contributed by atoms with van der Waals surface area (Å²) in [6, 6.07) is 0. The Kier molecular flexibility index (Phi) is 16.3. The number of carboxylic acids is 1. The van der Waals surface area contributed by atoms with Gasteiger partial charge in [-0.25, -0.2) is 0 Å². The summed E-state index contributed by atoms with van der Waals surface area (Å²) >= 11 is 0. The van der Waals surface area contributed by atoms with Crippen LogP contribution in [0.1, 0.15) is 52.9 Å². The zero-order valence-corrected chi connectivity index (χ0v) is 13.9. The van der Waals surface area contributed by atoms with E-state index in [4.69, 9.17) is 15.1 Å². The third kappa shape index (κ3) is 38.7. The molecule has 96 valence electrons. The summed E-state index contributed by atoms with van der Waals surface area (Å²) in [5.74, 6) is -0.925. The minimum Gasteiger partial charge on any atom is -0.832 e. The Balaban J connectivity index is -0.000000340. The van der Waals surface area contributed by atoms with Crippen molar-refractivity contribution >= 4 is 13.3 Å². The molecular weight excluding hydrogens is 276 g/mol. The molecule has 0 fully saturated rings. The molecule has 0 radical (unpaired) electrons. The van der Waals surface area contributed by atoms with Gasteiger partial charge in [-0.15, -0.1) is 0 Å². The summed E-state index contributed by atoms with van der Waals surface area (Å²) in [6.07, 6.45) is 4.27. The summed E-state index contributed by atoms with van der Waals surface area (Å²) in [7, 11) is -2.42. The molecule has 0 amide bonds. The Hall–Kier alpha value is 0.0383. The second-order valence-electron chi connectivity index (χ2n) is 4.82. The predicted molar refractivity (Wildman–Crippen MR) is 57.7 cm³/mol. The molecule has 0 spiro atoms. The van der Waals surface area contributed by atoms with Crippen molar-refractivity contribution in [1.29, 1.82) is 0 Å². The largest absolute Gasteiger partial charge is 2.00 e. The minimum atomic E-state index is -2.42. The monoisotopic (exact) mass is 296 g/mol. The molecule has 0 heterocycles. The number of hydrogen-bond acceptors (Lipinski definition) is 5. The van der Waals surface area contributed by atoms with E-state index in [1.807, 2.05) is 0 Å². The first kappa shape index (κ1) is 22.2. The third-order valence-corrected chi connectivity index (χ3v) is 1.81. The Bertz CT molecular complexity index is 179. The Morgan fingerprint density at radius 3 is 1.88 bits per heavy atom.